The maximum atomic E-state index is 11.6. The first-order valence-electron chi connectivity index (χ1n) is 11.4. The van der Waals surface area contributed by atoms with Gasteiger partial charge in [-0.2, -0.15) is 9.97 Å². The maximum absolute atomic E-state index is 11.6. The van der Waals surface area contributed by atoms with Crippen LogP contribution in [0.1, 0.15) is 17.3 Å². The average molecular weight is 450 g/mol. The molecule has 10 nitrogen and oxygen atoms in total. The standard InChI is InChI=1S/C23H31N9O/c1-23(15-24-7-8-26-23)30-21-19-16(14-33)13-25-20(19)28-22(29-21)27-17-3-5-18(6-4-17)32-11-9-31(2)10-12-32/h3-6,13-14,24,26H,7-12,15H2,1-2H3,(H3,25,27,28,29,30). The van der Waals surface area contributed by atoms with Gasteiger partial charge < -0.3 is 30.7 Å². The van der Waals surface area contributed by atoms with E-state index in [0.29, 0.717) is 28.4 Å². The molecule has 174 valence electrons. The Hall–Kier alpha value is -3.21. The molecule has 1 atom stereocenters. The lowest BCUT2D eigenvalue weighted by Gasteiger charge is -2.36. The fourth-order valence-electron chi connectivity index (χ4n) is 4.42. The summed E-state index contributed by atoms with van der Waals surface area (Å²) in [5, 5.41) is 14.4. The molecule has 2 saturated heterocycles. The topological polar surface area (TPSA) is 113 Å². The summed E-state index contributed by atoms with van der Waals surface area (Å²) < 4.78 is 0. The van der Waals surface area contributed by atoms with Crippen LogP contribution in [-0.4, -0.2) is 84.7 Å². The highest BCUT2D eigenvalue weighted by atomic mass is 16.1. The van der Waals surface area contributed by atoms with Crippen molar-refractivity contribution < 1.29 is 4.79 Å². The number of carbonyl (C=O) groups excluding carboxylic acids is 1. The van der Waals surface area contributed by atoms with Crippen LogP contribution in [0.2, 0.25) is 0 Å². The molecule has 1 unspecified atom stereocenters. The summed E-state index contributed by atoms with van der Waals surface area (Å²) in [7, 11) is 2.16. The van der Waals surface area contributed by atoms with Crippen molar-refractivity contribution in [1.82, 2.24) is 30.5 Å². The third kappa shape index (κ3) is 4.63. The number of nitrogens with one attached hydrogen (secondary N) is 5. The maximum Gasteiger partial charge on any atom is 0.231 e. The van der Waals surface area contributed by atoms with Crippen molar-refractivity contribution in [2.45, 2.75) is 12.6 Å². The normalized spacial score (nSPS) is 21.8. The fraction of sp³-hybridized carbons (Fsp3) is 0.435. The van der Waals surface area contributed by atoms with Crippen molar-refractivity contribution in [3.05, 3.63) is 36.0 Å². The molecule has 0 bridgehead atoms. The number of piperazine rings is 2. The van der Waals surface area contributed by atoms with Gasteiger partial charge in [0.1, 0.15) is 11.5 Å². The molecule has 1 aromatic carbocycles. The molecule has 2 aliphatic rings. The van der Waals surface area contributed by atoms with Gasteiger partial charge in [-0.05, 0) is 38.2 Å². The highest BCUT2D eigenvalue weighted by Crippen LogP contribution is 2.28. The number of hydrogen-bond donors (Lipinski definition) is 5. The SMILES string of the molecule is CN1CCN(c2ccc(Nc3nc(NC4(C)CNCCN4)c4c(C=O)c[nH]c4n3)cc2)CC1. The highest BCUT2D eigenvalue weighted by molar-refractivity contribution is 6.02. The molecule has 0 aliphatic carbocycles. The van der Waals surface area contributed by atoms with Crippen LogP contribution in [0, 0.1) is 0 Å². The quantitative estimate of drug-likeness (QED) is 0.358. The number of hydrogen-bond acceptors (Lipinski definition) is 9. The van der Waals surface area contributed by atoms with Crippen LogP contribution in [0.15, 0.2) is 30.5 Å². The molecule has 2 aromatic heterocycles. The van der Waals surface area contributed by atoms with Crippen LogP contribution in [0.3, 0.4) is 0 Å². The van der Waals surface area contributed by atoms with Gasteiger partial charge in [-0.3, -0.25) is 10.1 Å². The van der Waals surface area contributed by atoms with Gasteiger partial charge in [0.25, 0.3) is 0 Å². The Kier molecular flexibility index (Phi) is 5.88. The first-order chi connectivity index (χ1) is 16.0. The zero-order chi connectivity index (χ0) is 22.8. The summed E-state index contributed by atoms with van der Waals surface area (Å²) in [6.45, 7) is 8.78. The molecule has 0 amide bonds. The van der Waals surface area contributed by atoms with Gasteiger partial charge in [0.05, 0.1) is 11.0 Å². The van der Waals surface area contributed by atoms with Crippen molar-refractivity contribution in [1.29, 1.82) is 0 Å². The third-order valence-electron chi connectivity index (χ3n) is 6.37. The molecule has 2 aliphatic heterocycles. The lowest BCUT2D eigenvalue weighted by atomic mass is 10.1. The summed E-state index contributed by atoms with van der Waals surface area (Å²) in [6.07, 6.45) is 2.49. The van der Waals surface area contributed by atoms with Crippen LogP contribution < -0.4 is 26.2 Å². The van der Waals surface area contributed by atoms with Crippen molar-refractivity contribution in [2.24, 2.45) is 0 Å². The monoisotopic (exact) mass is 449 g/mol. The summed E-state index contributed by atoms with van der Waals surface area (Å²) in [5.41, 5.74) is 2.87. The van der Waals surface area contributed by atoms with Gasteiger partial charge in [0, 0.05) is 68.9 Å². The van der Waals surface area contributed by atoms with E-state index in [2.05, 4.69) is 67.1 Å². The Balaban J connectivity index is 1.39. The lowest BCUT2D eigenvalue weighted by Crippen LogP contribution is -2.61. The number of likely N-dealkylation sites (N-methyl/N-ethyl adjacent to an activating group) is 1. The Morgan fingerprint density at radius 2 is 1.88 bits per heavy atom. The number of rotatable bonds is 6. The van der Waals surface area contributed by atoms with Crippen LogP contribution in [-0.2, 0) is 0 Å². The minimum absolute atomic E-state index is 0.390. The predicted octanol–water partition coefficient (Wildman–Crippen LogP) is 1.59. The van der Waals surface area contributed by atoms with Crippen molar-refractivity contribution >= 4 is 40.5 Å². The largest absolute Gasteiger partial charge is 0.369 e. The summed E-state index contributed by atoms with van der Waals surface area (Å²) in [5.74, 6) is 1.07. The number of benzene rings is 1. The molecule has 3 aromatic rings. The zero-order valence-corrected chi connectivity index (χ0v) is 19.1. The smallest absolute Gasteiger partial charge is 0.231 e. The van der Waals surface area contributed by atoms with E-state index in [1.807, 2.05) is 12.1 Å². The Bertz CT molecular complexity index is 1110. The number of aromatic amines is 1. The molecular formula is C23H31N9O. The Labute approximate surface area is 193 Å². The van der Waals surface area contributed by atoms with E-state index >= 15 is 0 Å². The summed E-state index contributed by atoms with van der Waals surface area (Å²) in [6, 6.07) is 8.36. The van der Waals surface area contributed by atoms with E-state index < -0.39 is 5.66 Å². The van der Waals surface area contributed by atoms with E-state index in [4.69, 9.17) is 4.98 Å². The third-order valence-corrected chi connectivity index (χ3v) is 6.37. The zero-order valence-electron chi connectivity index (χ0n) is 19.1. The molecule has 4 heterocycles. The second-order valence-corrected chi connectivity index (χ2v) is 9.00. The van der Waals surface area contributed by atoms with Gasteiger partial charge in [-0.15, -0.1) is 0 Å². The molecule has 10 heteroatoms. The Morgan fingerprint density at radius 1 is 1.09 bits per heavy atom. The number of aldehydes is 1. The number of aromatic nitrogens is 3. The van der Waals surface area contributed by atoms with Gasteiger partial charge in [0.15, 0.2) is 6.29 Å². The van der Waals surface area contributed by atoms with Crippen molar-refractivity contribution in [3.8, 4) is 0 Å². The van der Waals surface area contributed by atoms with Crippen LogP contribution in [0.25, 0.3) is 11.0 Å². The van der Waals surface area contributed by atoms with Crippen LogP contribution in [0.4, 0.5) is 23.1 Å². The molecule has 5 N–H and O–H groups in total. The first kappa shape index (κ1) is 21.6. The van der Waals surface area contributed by atoms with Gasteiger partial charge in [0.2, 0.25) is 5.95 Å². The van der Waals surface area contributed by atoms with E-state index in [1.54, 1.807) is 6.20 Å². The van der Waals surface area contributed by atoms with E-state index in [0.717, 1.165) is 57.8 Å². The van der Waals surface area contributed by atoms with E-state index in [1.165, 1.54) is 5.69 Å². The van der Waals surface area contributed by atoms with Crippen molar-refractivity contribution in [3.63, 3.8) is 0 Å². The summed E-state index contributed by atoms with van der Waals surface area (Å²) >= 11 is 0. The number of H-pyrrole nitrogens is 1. The van der Waals surface area contributed by atoms with E-state index in [-0.39, 0.29) is 0 Å². The number of nitrogens with zero attached hydrogens (tertiary/aromatic N) is 4. The molecule has 0 radical (unpaired) electrons. The molecule has 33 heavy (non-hydrogen) atoms. The average Bonchev–Trinajstić information content (AvgIpc) is 3.24. The lowest BCUT2D eigenvalue weighted by molar-refractivity contribution is 0.112. The molecule has 5 rings (SSSR count). The fourth-order valence-corrected chi connectivity index (χ4v) is 4.42. The number of carbonyl (C=O) groups is 1. The van der Waals surface area contributed by atoms with Crippen LogP contribution in [0.5, 0.6) is 0 Å². The first-order valence-corrected chi connectivity index (χ1v) is 11.4. The van der Waals surface area contributed by atoms with Gasteiger partial charge in [-0.1, -0.05) is 0 Å². The van der Waals surface area contributed by atoms with Gasteiger partial charge in [-0.25, -0.2) is 0 Å². The molecular weight excluding hydrogens is 418 g/mol. The highest BCUT2D eigenvalue weighted by Gasteiger charge is 2.28. The molecule has 0 spiro atoms. The Morgan fingerprint density at radius 3 is 2.58 bits per heavy atom. The predicted molar refractivity (Wildman–Crippen MR) is 132 cm³/mol. The number of fused-ring (bicyclic) bond motifs is 1. The van der Waals surface area contributed by atoms with E-state index in [9.17, 15) is 4.79 Å². The van der Waals surface area contributed by atoms with Crippen LogP contribution >= 0.6 is 0 Å². The minimum atomic E-state index is -0.390. The minimum Gasteiger partial charge on any atom is -0.369 e. The summed E-state index contributed by atoms with van der Waals surface area (Å²) in [4.78, 5) is 28.8. The van der Waals surface area contributed by atoms with Crippen molar-refractivity contribution in [2.75, 3.05) is 68.4 Å². The second-order valence-electron chi connectivity index (χ2n) is 9.00. The molecule has 0 saturated carbocycles. The van der Waals surface area contributed by atoms with Gasteiger partial charge >= 0.3 is 0 Å². The second kappa shape index (κ2) is 8.97. The number of anilines is 4. The molecule has 2 fully saturated rings.